The smallest absolute Gasteiger partial charge is 0.0740 e. The van der Waals surface area contributed by atoms with Crippen LogP contribution in [0, 0.1) is 0 Å². The first-order valence-corrected chi connectivity index (χ1v) is 3.58. The van der Waals surface area contributed by atoms with Crippen molar-refractivity contribution in [2.24, 2.45) is 0 Å². The van der Waals surface area contributed by atoms with Gasteiger partial charge in [-0.2, -0.15) is 0 Å². The lowest BCUT2D eigenvalue weighted by Gasteiger charge is -1.95. The predicted octanol–water partition coefficient (Wildman–Crippen LogP) is 2.87. The Kier molecular flexibility index (Phi) is 1.32. The summed E-state index contributed by atoms with van der Waals surface area (Å²) in [5, 5.41) is 0.665. The first-order chi connectivity index (χ1) is 4.20. The molecule has 0 bridgehead atoms. The molecule has 0 radical (unpaired) electrons. The van der Waals surface area contributed by atoms with Gasteiger partial charge in [0.25, 0.3) is 0 Å². The SMILES string of the molecule is [2H]c1ccc(C(C)C)s1. The van der Waals surface area contributed by atoms with Gasteiger partial charge in [-0.05, 0) is 17.3 Å². The second-order valence-electron chi connectivity index (χ2n) is 2.11. The average Bonchev–Trinajstić information content (AvgIpc) is 2.14. The van der Waals surface area contributed by atoms with Gasteiger partial charge in [0.15, 0.2) is 0 Å². The molecule has 0 fully saturated rings. The van der Waals surface area contributed by atoms with Crippen molar-refractivity contribution in [3.05, 3.63) is 22.4 Å². The van der Waals surface area contributed by atoms with E-state index in [2.05, 4.69) is 13.8 Å². The van der Waals surface area contributed by atoms with Crippen LogP contribution in [0.2, 0.25) is 0 Å². The van der Waals surface area contributed by atoms with E-state index in [0.717, 1.165) is 0 Å². The molecular weight excluding hydrogens is 116 g/mol. The minimum atomic E-state index is 0.578. The fraction of sp³-hybridized carbons (Fsp3) is 0.429. The summed E-state index contributed by atoms with van der Waals surface area (Å²) in [4.78, 5) is 1.31. The summed E-state index contributed by atoms with van der Waals surface area (Å²) in [5.41, 5.74) is 0. The molecule has 1 aromatic heterocycles. The molecule has 0 nitrogen and oxygen atoms in total. The molecule has 44 valence electrons. The average molecular weight is 127 g/mol. The summed E-state index contributed by atoms with van der Waals surface area (Å²) >= 11 is 1.56. The highest BCUT2D eigenvalue weighted by molar-refractivity contribution is 7.10. The molecule has 0 amide bonds. The molecule has 0 aliphatic rings. The quantitative estimate of drug-likeness (QED) is 0.544. The van der Waals surface area contributed by atoms with Crippen molar-refractivity contribution in [1.29, 1.82) is 0 Å². The topological polar surface area (TPSA) is 0 Å². The molecule has 0 aliphatic carbocycles. The van der Waals surface area contributed by atoms with Gasteiger partial charge in [-0.1, -0.05) is 19.9 Å². The molecule has 0 aliphatic heterocycles. The van der Waals surface area contributed by atoms with E-state index in [1.165, 1.54) is 4.88 Å². The summed E-state index contributed by atoms with van der Waals surface area (Å²) in [5.74, 6) is 0.578. The molecule has 1 rings (SSSR count). The van der Waals surface area contributed by atoms with Gasteiger partial charge in [-0.3, -0.25) is 0 Å². The Balaban J connectivity index is 2.85. The maximum absolute atomic E-state index is 7.23. The van der Waals surface area contributed by atoms with Gasteiger partial charge in [-0.15, -0.1) is 11.3 Å². The zero-order valence-electron chi connectivity index (χ0n) is 6.14. The minimum absolute atomic E-state index is 0.578. The van der Waals surface area contributed by atoms with Crippen molar-refractivity contribution in [2.45, 2.75) is 19.8 Å². The van der Waals surface area contributed by atoms with E-state index < -0.39 is 0 Å². The summed E-state index contributed by atoms with van der Waals surface area (Å²) in [7, 11) is 0. The third kappa shape index (κ3) is 1.10. The molecule has 0 unspecified atom stereocenters. The Hall–Kier alpha value is -0.300. The summed E-state index contributed by atoms with van der Waals surface area (Å²) in [6.45, 7) is 4.29. The maximum Gasteiger partial charge on any atom is 0.0740 e. The van der Waals surface area contributed by atoms with Gasteiger partial charge in [0, 0.05) is 4.88 Å². The normalized spacial score (nSPS) is 12.1. The fourth-order valence-electron chi connectivity index (χ4n) is 0.563. The van der Waals surface area contributed by atoms with E-state index in [4.69, 9.17) is 1.37 Å². The largest absolute Gasteiger partial charge is 0.149 e. The summed E-state index contributed by atoms with van der Waals surface area (Å²) < 4.78 is 7.23. The van der Waals surface area contributed by atoms with Gasteiger partial charge in [-0.25, -0.2) is 0 Å². The Bertz CT molecular complexity index is 191. The molecule has 0 N–H and O–H groups in total. The van der Waals surface area contributed by atoms with Crippen LogP contribution >= 0.6 is 11.3 Å². The summed E-state index contributed by atoms with van der Waals surface area (Å²) in [6, 6.07) is 3.87. The van der Waals surface area contributed by atoms with Crippen LogP contribution < -0.4 is 0 Å². The molecule has 0 saturated carbocycles. The van der Waals surface area contributed by atoms with Crippen LogP contribution in [0.5, 0.6) is 0 Å². The van der Waals surface area contributed by atoms with E-state index >= 15 is 0 Å². The zero-order valence-corrected chi connectivity index (χ0v) is 5.96. The first-order valence-electron chi connectivity index (χ1n) is 3.26. The molecule has 8 heavy (non-hydrogen) atoms. The summed E-state index contributed by atoms with van der Waals surface area (Å²) in [6.07, 6.45) is 0. The molecule has 0 saturated heterocycles. The third-order valence-electron chi connectivity index (χ3n) is 1.06. The second-order valence-corrected chi connectivity index (χ2v) is 3.02. The molecule has 1 heteroatoms. The molecule has 1 aromatic rings. The number of hydrogen-bond donors (Lipinski definition) is 0. The van der Waals surface area contributed by atoms with E-state index in [9.17, 15) is 0 Å². The Morgan fingerprint density at radius 3 is 2.75 bits per heavy atom. The van der Waals surface area contributed by atoms with E-state index in [-0.39, 0.29) is 0 Å². The predicted molar refractivity (Wildman–Crippen MR) is 38.4 cm³/mol. The second kappa shape index (κ2) is 2.31. The van der Waals surface area contributed by atoms with Crippen molar-refractivity contribution >= 4 is 11.3 Å². The number of rotatable bonds is 1. The van der Waals surface area contributed by atoms with Crippen LogP contribution in [0.4, 0.5) is 0 Å². The minimum Gasteiger partial charge on any atom is -0.149 e. The molecule has 1 heterocycles. The lowest BCUT2D eigenvalue weighted by Crippen LogP contribution is -1.77. The lowest BCUT2D eigenvalue weighted by molar-refractivity contribution is 0.890. The Labute approximate surface area is 55.6 Å². The van der Waals surface area contributed by atoms with Crippen molar-refractivity contribution in [1.82, 2.24) is 0 Å². The van der Waals surface area contributed by atoms with Gasteiger partial charge in [0.05, 0.1) is 1.37 Å². The van der Waals surface area contributed by atoms with E-state index in [1.807, 2.05) is 12.1 Å². The van der Waals surface area contributed by atoms with Crippen LogP contribution in [0.1, 0.15) is 26.0 Å². The standard InChI is InChI=1S/C7H10S/c1-6(2)7-4-3-5-8-7/h3-6H,1-2H3/i5D. The van der Waals surface area contributed by atoms with Crippen molar-refractivity contribution in [2.75, 3.05) is 0 Å². The molecule has 0 atom stereocenters. The van der Waals surface area contributed by atoms with Crippen molar-refractivity contribution < 1.29 is 1.37 Å². The van der Waals surface area contributed by atoms with Crippen molar-refractivity contribution in [3.63, 3.8) is 0 Å². The van der Waals surface area contributed by atoms with Crippen LogP contribution in [0.3, 0.4) is 0 Å². The molecule has 0 spiro atoms. The fourth-order valence-corrected chi connectivity index (χ4v) is 1.21. The van der Waals surface area contributed by atoms with Gasteiger partial charge in [0.1, 0.15) is 0 Å². The van der Waals surface area contributed by atoms with Gasteiger partial charge >= 0.3 is 0 Å². The molecule has 0 aromatic carbocycles. The number of thiophene rings is 1. The van der Waals surface area contributed by atoms with Crippen LogP contribution in [0.25, 0.3) is 0 Å². The monoisotopic (exact) mass is 127 g/mol. The first kappa shape index (κ1) is 4.57. The zero-order chi connectivity index (χ0) is 6.85. The van der Waals surface area contributed by atoms with E-state index in [1.54, 1.807) is 11.3 Å². The highest BCUT2D eigenvalue weighted by Crippen LogP contribution is 2.18. The van der Waals surface area contributed by atoms with Crippen LogP contribution in [-0.4, -0.2) is 0 Å². The third-order valence-corrected chi connectivity index (χ3v) is 2.16. The lowest BCUT2D eigenvalue weighted by atomic mass is 10.2. The maximum atomic E-state index is 7.23. The Morgan fingerprint density at radius 2 is 2.50 bits per heavy atom. The van der Waals surface area contributed by atoms with Crippen molar-refractivity contribution in [3.8, 4) is 0 Å². The van der Waals surface area contributed by atoms with Gasteiger partial charge in [0.2, 0.25) is 0 Å². The Morgan fingerprint density at radius 1 is 1.75 bits per heavy atom. The molecular formula is C7H10S. The van der Waals surface area contributed by atoms with Crippen LogP contribution in [0.15, 0.2) is 17.5 Å². The highest BCUT2D eigenvalue weighted by Gasteiger charge is 1.95. The van der Waals surface area contributed by atoms with E-state index in [0.29, 0.717) is 11.3 Å². The van der Waals surface area contributed by atoms with Gasteiger partial charge < -0.3 is 0 Å². The highest BCUT2D eigenvalue weighted by atomic mass is 32.1. The van der Waals surface area contributed by atoms with Crippen LogP contribution in [-0.2, 0) is 0 Å². The number of hydrogen-bond acceptors (Lipinski definition) is 1.